The van der Waals surface area contributed by atoms with E-state index in [4.69, 9.17) is 5.11 Å². The highest BCUT2D eigenvalue weighted by molar-refractivity contribution is 5.73. The van der Waals surface area contributed by atoms with Gasteiger partial charge in [0, 0.05) is 12.6 Å². The van der Waals surface area contributed by atoms with E-state index in [1.807, 2.05) is 0 Å². The smallest absolute Gasteiger partial charge is 0.320 e. The number of hydrogen-bond acceptors (Lipinski definition) is 4. The van der Waals surface area contributed by atoms with Gasteiger partial charge < -0.3 is 15.1 Å². The molecule has 2 rings (SSSR count). The van der Waals surface area contributed by atoms with Crippen molar-refractivity contribution in [3.05, 3.63) is 0 Å². The first-order valence-electron chi connectivity index (χ1n) is 7.54. The Morgan fingerprint density at radius 1 is 1.11 bits per heavy atom. The Morgan fingerprint density at radius 3 is 2.47 bits per heavy atom. The molecule has 110 valence electrons. The largest absolute Gasteiger partial charge is 0.480 e. The molecule has 2 aliphatic rings. The molecule has 0 aromatic heterocycles. The lowest BCUT2D eigenvalue weighted by Gasteiger charge is -2.38. The zero-order valence-corrected chi connectivity index (χ0v) is 11.6. The number of rotatable bonds is 6. The molecule has 0 saturated carbocycles. The average Bonchev–Trinajstić information content (AvgIpc) is 2.89. The predicted molar refractivity (Wildman–Crippen MR) is 73.1 cm³/mol. The van der Waals surface area contributed by atoms with Crippen molar-refractivity contribution in [1.82, 2.24) is 9.80 Å². The molecule has 2 heterocycles. The first-order valence-corrected chi connectivity index (χ1v) is 7.54. The molecule has 1 unspecified atom stereocenters. The van der Waals surface area contributed by atoms with Gasteiger partial charge in [-0.1, -0.05) is 0 Å². The van der Waals surface area contributed by atoms with Crippen LogP contribution in [0.3, 0.4) is 0 Å². The van der Waals surface area contributed by atoms with Crippen LogP contribution in [0.2, 0.25) is 0 Å². The molecule has 1 atom stereocenters. The molecule has 0 spiro atoms. The van der Waals surface area contributed by atoms with E-state index in [1.54, 1.807) is 0 Å². The quantitative estimate of drug-likeness (QED) is 0.698. The Labute approximate surface area is 115 Å². The second-order valence-electron chi connectivity index (χ2n) is 5.74. The van der Waals surface area contributed by atoms with Crippen LogP contribution in [0.4, 0.5) is 0 Å². The predicted octanol–water partition coefficient (Wildman–Crippen LogP) is 0.772. The first kappa shape index (κ1) is 14.8. The van der Waals surface area contributed by atoms with Crippen molar-refractivity contribution in [2.24, 2.45) is 0 Å². The van der Waals surface area contributed by atoms with E-state index in [0.717, 1.165) is 64.7 Å². The summed E-state index contributed by atoms with van der Waals surface area (Å²) in [5.41, 5.74) is 0. The zero-order valence-electron chi connectivity index (χ0n) is 11.6. The van der Waals surface area contributed by atoms with Crippen molar-refractivity contribution in [3.8, 4) is 0 Å². The van der Waals surface area contributed by atoms with Crippen LogP contribution in [0.5, 0.6) is 0 Å². The Bertz CT molecular complexity index is 290. The Hall–Kier alpha value is -0.650. The minimum atomic E-state index is -0.650. The normalized spacial score (nSPS) is 26.9. The van der Waals surface area contributed by atoms with Gasteiger partial charge in [-0.25, -0.2) is 0 Å². The molecule has 2 saturated heterocycles. The van der Waals surface area contributed by atoms with Gasteiger partial charge in [0.05, 0.1) is 0 Å². The van der Waals surface area contributed by atoms with Crippen molar-refractivity contribution in [1.29, 1.82) is 0 Å². The van der Waals surface area contributed by atoms with Crippen molar-refractivity contribution >= 4 is 5.97 Å². The van der Waals surface area contributed by atoms with Crippen LogP contribution in [0.25, 0.3) is 0 Å². The fraction of sp³-hybridized carbons (Fsp3) is 0.929. The van der Waals surface area contributed by atoms with Gasteiger partial charge in [-0.05, 0) is 64.7 Å². The van der Waals surface area contributed by atoms with E-state index >= 15 is 0 Å². The number of piperidine rings is 1. The summed E-state index contributed by atoms with van der Waals surface area (Å²) in [5.74, 6) is -0.650. The number of carbonyl (C=O) groups is 1. The second-order valence-corrected chi connectivity index (χ2v) is 5.74. The van der Waals surface area contributed by atoms with Crippen molar-refractivity contribution in [2.75, 3.05) is 32.8 Å². The van der Waals surface area contributed by atoms with Gasteiger partial charge in [0.25, 0.3) is 0 Å². The maximum atomic E-state index is 11.2. The molecule has 5 heteroatoms. The summed E-state index contributed by atoms with van der Waals surface area (Å²) in [6.07, 6.45) is 5.95. The van der Waals surface area contributed by atoms with Crippen molar-refractivity contribution < 1.29 is 15.0 Å². The van der Waals surface area contributed by atoms with Crippen molar-refractivity contribution in [2.45, 2.75) is 50.6 Å². The molecule has 0 amide bonds. The standard InChI is InChI=1S/C14H26N2O3/c17-11-2-1-7-15-9-5-12(6-10-15)16-8-3-4-13(16)14(18)19/h12-13,17H,1-11H2,(H,18,19). The fourth-order valence-corrected chi connectivity index (χ4v) is 3.41. The number of hydrogen-bond donors (Lipinski definition) is 2. The third-order valence-electron chi connectivity index (χ3n) is 4.49. The molecule has 0 aromatic carbocycles. The molecule has 19 heavy (non-hydrogen) atoms. The van der Waals surface area contributed by atoms with E-state index in [9.17, 15) is 9.90 Å². The molecule has 0 bridgehead atoms. The number of nitrogens with zero attached hydrogens (tertiary/aromatic N) is 2. The zero-order chi connectivity index (χ0) is 13.7. The molecule has 0 aliphatic carbocycles. The lowest BCUT2D eigenvalue weighted by molar-refractivity contribution is -0.143. The summed E-state index contributed by atoms with van der Waals surface area (Å²) >= 11 is 0. The Balaban J connectivity index is 1.75. The highest BCUT2D eigenvalue weighted by Crippen LogP contribution is 2.26. The van der Waals surface area contributed by atoms with Gasteiger partial charge in [0.2, 0.25) is 0 Å². The summed E-state index contributed by atoms with van der Waals surface area (Å²) in [7, 11) is 0. The van der Waals surface area contributed by atoms with Gasteiger partial charge in [-0.15, -0.1) is 0 Å². The molecule has 2 aliphatic heterocycles. The number of carboxylic acids is 1. The molecule has 2 N–H and O–H groups in total. The highest BCUT2D eigenvalue weighted by Gasteiger charge is 2.36. The molecular formula is C14H26N2O3. The number of aliphatic hydroxyl groups excluding tert-OH is 1. The van der Waals surface area contributed by atoms with Crippen molar-refractivity contribution in [3.63, 3.8) is 0 Å². The van der Waals surface area contributed by atoms with Gasteiger partial charge in [0.1, 0.15) is 6.04 Å². The number of aliphatic hydroxyl groups is 1. The van der Waals surface area contributed by atoms with E-state index in [0.29, 0.717) is 6.04 Å². The van der Waals surface area contributed by atoms with Crippen LogP contribution in [0.15, 0.2) is 0 Å². The topological polar surface area (TPSA) is 64.0 Å². The van der Waals surface area contributed by atoms with E-state index < -0.39 is 5.97 Å². The van der Waals surface area contributed by atoms with Crippen LogP contribution in [-0.4, -0.2) is 70.9 Å². The minimum absolute atomic E-state index is 0.245. The van der Waals surface area contributed by atoms with Crippen LogP contribution >= 0.6 is 0 Å². The number of aliphatic carboxylic acids is 1. The Kier molecular flexibility index (Phi) is 5.60. The highest BCUT2D eigenvalue weighted by atomic mass is 16.4. The van der Waals surface area contributed by atoms with Crippen LogP contribution in [0, 0.1) is 0 Å². The number of carboxylic acid groups (broad SMARTS) is 1. The van der Waals surface area contributed by atoms with E-state index in [-0.39, 0.29) is 12.6 Å². The molecule has 5 nitrogen and oxygen atoms in total. The summed E-state index contributed by atoms with van der Waals surface area (Å²) in [6.45, 7) is 4.43. The van der Waals surface area contributed by atoms with Crippen LogP contribution in [0.1, 0.15) is 38.5 Å². The van der Waals surface area contributed by atoms with Crippen LogP contribution < -0.4 is 0 Å². The van der Waals surface area contributed by atoms with E-state index in [1.165, 1.54) is 0 Å². The molecule has 0 radical (unpaired) electrons. The lowest BCUT2D eigenvalue weighted by Crippen LogP contribution is -2.49. The summed E-state index contributed by atoms with van der Waals surface area (Å²) in [6, 6.07) is 0.212. The fourth-order valence-electron chi connectivity index (χ4n) is 3.41. The van der Waals surface area contributed by atoms with E-state index in [2.05, 4.69) is 9.80 Å². The number of unbranched alkanes of at least 4 members (excludes halogenated alkanes) is 1. The lowest BCUT2D eigenvalue weighted by atomic mass is 10.0. The maximum absolute atomic E-state index is 11.2. The van der Waals surface area contributed by atoms with Crippen LogP contribution in [-0.2, 0) is 4.79 Å². The summed E-state index contributed by atoms with van der Waals surface area (Å²) in [5, 5.41) is 18.0. The third kappa shape index (κ3) is 3.91. The first-order chi connectivity index (χ1) is 9.22. The van der Waals surface area contributed by atoms with Gasteiger partial charge in [-0.2, -0.15) is 0 Å². The SMILES string of the molecule is O=C(O)C1CCCN1C1CCN(CCCCO)CC1. The second kappa shape index (κ2) is 7.22. The minimum Gasteiger partial charge on any atom is -0.480 e. The maximum Gasteiger partial charge on any atom is 0.320 e. The molecular weight excluding hydrogens is 244 g/mol. The Morgan fingerprint density at radius 2 is 1.84 bits per heavy atom. The summed E-state index contributed by atoms with van der Waals surface area (Å²) < 4.78 is 0. The van der Waals surface area contributed by atoms with Gasteiger partial charge >= 0.3 is 5.97 Å². The average molecular weight is 270 g/mol. The van der Waals surface area contributed by atoms with Gasteiger partial charge in [0.15, 0.2) is 0 Å². The molecule has 2 fully saturated rings. The monoisotopic (exact) mass is 270 g/mol. The summed E-state index contributed by atoms with van der Waals surface area (Å²) in [4.78, 5) is 15.9. The van der Waals surface area contributed by atoms with Gasteiger partial charge in [-0.3, -0.25) is 9.69 Å². The molecule has 0 aromatic rings. The number of likely N-dealkylation sites (tertiary alicyclic amines) is 2. The third-order valence-corrected chi connectivity index (χ3v) is 4.49.